The summed E-state index contributed by atoms with van der Waals surface area (Å²) in [7, 11) is 0. The number of nitrogens with zero attached hydrogens (tertiary/aromatic N) is 2. The van der Waals surface area contributed by atoms with Gasteiger partial charge in [-0.1, -0.05) is 18.2 Å². The van der Waals surface area contributed by atoms with Crippen LogP contribution in [0.5, 0.6) is 0 Å². The molecular formula is C14H10F3N3O. The van der Waals surface area contributed by atoms with E-state index in [0.29, 0.717) is 0 Å². The number of amides is 1. The molecule has 1 aromatic carbocycles. The SMILES string of the molecule is O=C(N/N=C\c1ccccc1C(F)(F)F)c1cccnc1. The minimum atomic E-state index is -4.48. The molecule has 0 bridgehead atoms. The fraction of sp³-hybridized carbons (Fsp3) is 0.0714. The van der Waals surface area contributed by atoms with Crippen LogP contribution in [0.15, 0.2) is 53.9 Å². The van der Waals surface area contributed by atoms with Crippen LogP contribution in [0.4, 0.5) is 13.2 Å². The van der Waals surface area contributed by atoms with Crippen molar-refractivity contribution in [2.45, 2.75) is 6.18 Å². The molecule has 7 heteroatoms. The zero-order valence-corrected chi connectivity index (χ0v) is 10.6. The van der Waals surface area contributed by atoms with Gasteiger partial charge in [-0.2, -0.15) is 18.3 Å². The lowest BCUT2D eigenvalue weighted by Gasteiger charge is -2.09. The molecule has 1 aromatic heterocycles. The number of alkyl halides is 3. The first-order valence-corrected chi connectivity index (χ1v) is 5.88. The summed E-state index contributed by atoms with van der Waals surface area (Å²) in [4.78, 5) is 15.4. The van der Waals surface area contributed by atoms with Gasteiger partial charge in [-0.05, 0) is 18.2 Å². The zero-order valence-electron chi connectivity index (χ0n) is 10.6. The third-order valence-electron chi connectivity index (χ3n) is 2.56. The molecule has 1 heterocycles. The summed E-state index contributed by atoms with van der Waals surface area (Å²) in [6, 6.07) is 8.04. The molecule has 0 fully saturated rings. The van der Waals surface area contributed by atoms with E-state index in [4.69, 9.17) is 0 Å². The lowest BCUT2D eigenvalue weighted by Crippen LogP contribution is -2.18. The molecule has 2 aromatic rings. The van der Waals surface area contributed by atoms with Gasteiger partial charge in [0.05, 0.1) is 17.3 Å². The van der Waals surface area contributed by atoms with Crippen LogP contribution in [0.2, 0.25) is 0 Å². The van der Waals surface area contributed by atoms with Crippen molar-refractivity contribution < 1.29 is 18.0 Å². The van der Waals surface area contributed by atoms with Crippen LogP contribution in [0.25, 0.3) is 0 Å². The molecule has 0 aliphatic carbocycles. The van der Waals surface area contributed by atoms with Crippen LogP contribution in [-0.2, 0) is 6.18 Å². The predicted octanol–water partition coefficient (Wildman–Crippen LogP) is 2.86. The maximum atomic E-state index is 12.7. The molecule has 0 aliphatic heterocycles. The van der Waals surface area contributed by atoms with Gasteiger partial charge in [-0.15, -0.1) is 0 Å². The first-order valence-electron chi connectivity index (χ1n) is 5.88. The number of hydrogen-bond donors (Lipinski definition) is 1. The van der Waals surface area contributed by atoms with Crippen LogP contribution >= 0.6 is 0 Å². The third kappa shape index (κ3) is 3.88. The van der Waals surface area contributed by atoms with Gasteiger partial charge in [-0.25, -0.2) is 5.43 Å². The van der Waals surface area contributed by atoms with E-state index in [1.54, 1.807) is 6.07 Å². The molecule has 4 nitrogen and oxygen atoms in total. The van der Waals surface area contributed by atoms with Crippen molar-refractivity contribution in [2.24, 2.45) is 5.10 Å². The molecule has 108 valence electrons. The Morgan fingerprint density at radius 2 is 1.95 bits per heavy atom. The Kier molecular flexibility index (Phi) is 4.32. The Bertz CT molecular complexity index is 654. The monoisotopic (exact) mass is 293 g/mol. The van der Waals surface area contributed by atoms with Crippen LogP contribution in [0, 0.1) is 0 Å². The zero-order chi connectivity index (χ0) is 15.3. The maximum Gasteiger partial charge on any atom is 0.417 e. The molecule has 0 atom stereocenters. The summed E-state index contributed by atoms with van der Waals surface area (Å²) >= 11 is 0. The predicted molar refractivity (Wildman–Crippen MR) is 70.7 cm³/mol. The molecule has 21 heavy (non-hydrogen) atoms. The number of hydrazone groups is 1. The van der Waals surface area contributed by atoms with Crippen LogP contribution < -0.4 is 5.43 Å². The van der Waals surface area contributed by atoms with E-state index in [1.807, 2.05) is 0 Å². The molecule has 0 spiro atoms. The number of nitrogens with one attached hydrogen (secondary N) is 1. The van der Waals surface area contributed by atoms with E-state index in [2.05, 4.69) is 15.5 Å². The van der Waals surface area contributed by atoms with Gasteiger partial charge in [0.2, 0.25) is 0 Å². The van der Waals surface area contributed by atoms with E-state index in [-0.39, 0.29) is 11.1 Å². The number of pyridine rings is 1. The van der Waals surface area contributed by atoms with Crippen molar-refractivity contribution in [3.05, 3.63) is 65.5 Å². The highest BCUT2D eigenvalue weighted by molar-refractivity contribution is 5.94. The molecule has 1 N–H and O–H groups in total. The van der Waals surface area contributed by atoms with Crippen LogP contribution in [0.3, 0.4) is 0 Å². The number of aromatic nitrogens is 1. The summed E-state index contributed by atoms with van der Waals surface area (Å²) in [6.07, 6.45) is -0.693. The van der Waals surface area contributed by atoms with Crippen molar-refractivity contribution >= 4 is 12.1 Å². The van der Waals surface area contributed by atoms with Gasteiger partial charge in [0.25, 0.3) is 5.91 Å². The number of rotatable bonds is 3. The molecule has 0 radical (unpaired) electrons. The topological polar surface area (TPSA) is 54.4 Å². The quantitative estimate of drug-likeness (QED) is 0.699. The van der Waals surface area contributed by atoms with Gasteiger partial charge in [0, 0.05) is 18.0 Å². The lowest BCUT2D eigenvalue weighted by atomic mass is 10.1. The van der Waals surface area contributed by atoms with Crippen molar-refractivity contribution in [3.63, 3.8) is 0 Å². The van der Waals surface area contributed by atoms with Gasteiger partial charge in [0.1, 0.15) is 0 Å². The fourth-order valence-corrected chi connectivity index (χ4v) is 1.59. The van der Waals surface area contributed by atoms with Crippen molar-refractivity contribution in [1.82, 2.24) is 10.4 Å². The number of halogens is 3. The molecule has 2 rings (SSSR count). The summed E-state index contributed by atoms with van der Waals surface area (Å²) in [6.45, 7) is 0. The highest BCUT2D eigenvalue weighted by Crippen LogP contribution is 2.30. The van der Waals surface area contributed by atoms with Gasteiger partial charge in [-0.3, -0.25) is 9.78 Å². The second-order valence-electron chi connectivity index (χ2n) is 4.03. The average molecular weight is 293 g/mol. The van der Waals surface area contributed by atoms with Crippen molar-refractivity contribution in [1.29, 1.82) is 0 Å². The normalized spacial score (nSPS) is 11.6. The first-order chi connectivity index (χ1) is 9.98. The second kappa shape index (κ2) is 6.17. The van der Waals surface area contributed by atoms with Crippen LogP contribution in [0.1, 0.15) is 21.5 Å². The third-order valence-corrected chi connectivity index (χ3v) is 2.56. The van der Waals surface area contributed by atoms with E-state index >= 15 is 0 Å². The number of hydrogen-bond acceptors (Lipinski definition) is 3. The number of carbonyl (C=O) groups is 1. The Balaban J connectivity index is 2.11. The van der Waals surface area contributed by atoms with E-state index in [1.165, 1.54) is 36.7 Å². The van der Waals surface area contributed by atoms with Gasteiger partial charge in [0.15, 0.2) is 0 Å². The molecular weight excluding hydrogens is 283 g/mol. The molecule has 0 saturated heterocycles. The number of benzene rings is 1. The van der Waals surface area contributed by atoms with E-state index < -0.39 is 17.6 Å². The Morgan fingerprint density at radius 1 is 1.19 bits per heavy atom. The lowest BCUT2D eigenvalue weighted by molar-refractivity contribution is -0.137. The Hall–Kier alpha value is -2.70. The molecule has 0 unspecified atom stereocenters. The molecule has 1 amide bonds. The largest absolute Gasteiger partial charge is 0.417 e. The summed E-state index contributed by atoms with van der Waals surface area (Å²) in [5, 5.41) is 3.54. The Morgan fingerprint density at radius 3 is 2.62 bits per heavy atom. The van der Waals surface area contributed by atoms with Crippen molar-refractivity contribution in [3.8, 4) is 0 Å². The standard InChI is InChI=1S/C14H10F3N3O/c15-14(16,17)12-6-2-1-4-10(12)9-19-20-13(21)11-5-3-7-18-8-11/h1-9H,(H,20,21)/b19-9-. The molecule has 0 aliphatic rings. The summed E-state index contributed by atoms with van der Waals surface area (Å²) < 4.78 is 38.2. The van der Waals surface area contributed by atoms with Gasteiger partial charge < -0.3 is 0 Å². The number of carbonyl (C=O) groups excluding carboxylic acids is 1. The minimum absolute atomic E-state index is 0.128. The highest BCUT2D eigenvalue weighted by atomic mass is 19.4. The average Bonchev–Trinajstić information content (AvgIpc) is 2.47. The molecule has 0 saturated carbocycles. The summed E-state index contributed by atoms with van der Waals surface area (Å²) in [5.74, 6) is -0.552. The van der Waals surface area contributed by atoms with Crippen molar-refractivity contribution in [2.75, 3.05) is 0 Å². The second-order valence-corrected chi connectivity index (χ2v) is 4.03. The van der Waals surface area contributed by atoms with Gasteiger partial charge >= 0.3 is 6.18 Å². The van der Waals surface area contributed by atoms with Crippen LogP contribution in [-0.4, -0.2) is 17.1 Å². The first kappa shape index (κ1) is 14.7. The van der Waals surface area contributed by atoms with E-state index in [9.17, 15) is 18.0 Å². The summed E-state index contributed by atoms with van der Waals surface area (Å²) in [5.41, 5.74) is 1.47. The highest BCUT2D eigenvalue weighted by Gasteiger charge is 2.32. The maximum absolute atomic E-state index is 12.7. The smallest absolute Gasteiger partial charge is 0.267 e. The minimum Gasteiger partial charge on any atom is -0.267 e. The fourth-order valence-electron chi connectivity index (χ4n) is 1.59. The Labute approximate surface area is 118 Å². The van der Waals surface area contributed by atoms with E-state index in [0.717, 1.165) is 12.3 Å².